The zero-order chi connectivity index (χ0) is 48.6. The third-order valence-corrected chi connectivity index (χ3v) is 12.8. The first-order valence-corrected chi connectivity index (χ1v) is 29.1. The van der Waals surface area contributed by atoms with Gasteiger partial charge in [-0.25, -0.2) is 0 Å². The molecule has 390 valence electrons. The average Bonchev–Trinajstić information content (AvgIpc) is 3.33. The van der Waals surface area contributed by atoms with Crippen LogP contribution in [-0.4, -0.2) is 37.2 Å². The van der Waals surface area contributed by atoms with E-state index in [-0.39, 0.29) is 37.5 Å². The van der Waals surface area contributed by atoms with Gasteiger partial charge in [-0.05, 0) is 57.8 Å². The summed E-state index contributed by atoms with van der Waals surface area (Å²) in [5, 5.41) is 0. The predicted octanol–water partition coefficient (Wildman–Crippen LogP) is 19.4. The van der Waals surface area contributed by atoms with Crippen LogP contribution in [0.15, 0.2) is 48.6 Å². The Labute approximate surface area is 416 Å². The highest BCUT2D eigenvalue weighted by Crippen LogP contribution is 2.17. The minimum absolute atomic E-state index is 0.0855. The normalized spacial score (nSPS) is 12.3. The molecule has 0 aliphatic rings. The molecule has 0 fully saturated rings. The smallest absolute Gasteiger partial charge is 0.306 e. The second kappa shape index (κ2) is 56.0. The maximum atomic E-state index is 12.9. The van der Waals surface area contributed by atoms with Crippen molar-refractivity contribution in [3.05, 3.63) is 48.6 Å². The van der Waals surface area contributed by atoms with Crippen LogP contribution in [0.5, 0.6) is 0 Å². The number of unbranched alkanes of at least 4 members (excludes halogenated alkanes) is 34. The number of ether oxygens (including phenoxy) is 3. The van der Waals surface area contributed by atoms with Gasteiger partial charge in [0.25, 0.3) is 0 Å². The number of hydrogen-bond acceptors (Lipinski definition) is 6. The van der Waals surface area contributed by atoms with Crippen molar-refractivity contribution in [1.82, 2.24) is 0 Å². The van der Waals surface area contributed by atoms with Crippen molar-refractivity contribution in [3.8, 4) is 0 Å². The van der Waals surface area contributed by atoms with Crippen LogP contribution in [-0.2, 0) is 28.6 Å². The van der Waals surface area contributed by atoms with Gasteiger partial charge in [-0.3, -0.25) is 14.4 Å². The van der Waals surface area contributed by atoms with Crippen molar-refractivity contribution in [2.24, 2.45) is 0 Å². The molecule has 1 atom stereocenters. The maximum absolute atomic E-state index is 12.9. The van der Waals surface area contributed by atoms with E-state index in [0.29, 0.717) is 19.3 Å². The number of hydrogen-bond donors (Lipinski definition) is 0. The first-order valence-electron chi connectivity index (χ1n) is 29.1. The summed E-state index contributed by atoms with van der Waals surface area (Å²) in [5.41, 5.74) is 0. The number of rotatable bonds is 53. The van der Waals surface area contributed by atoms with Gasteiger partial charge < -0.3 is 14.2 Å². The van der Waals surface area contributed by atoms with Gasteiger partial charge in [0, 0.05) is 19.3 Å². The molecular weight excluding hydrogens is 829 g/mol. The lowest BCUT2D eigenvalue weighted by molar-refractivity contribution is -0.167. The quantitative estimate of drug-likeness (QED) is 0.0262. The average molecular weight is 940 g/mol. The molecule has 0 radical (unpaired) electrons. The monoisotopic (exact) mass is 939 g/mol. The molecule has 0 rings (SSSR count). The summed E-state index contributed by atoms with van der Waals surface area (Å²) in [6.45, 7) is 6.61. The fraction of sp³-hybridized carbons (Fsp3) is 0.820. The molecule has 0 amide bonds. The van der Waals surface area contributed by atoms with Crippen molar-refractivity contribution in [3.63, 3.8) is 0 Å². The summed E-state index contributed by atoms with van der Waals surface area (Å²) in [4.78, 5) is 38.1. The highest BCUT2D eigenvalue weighted by molar-refractivity contribution is 5.71. The zero-order valence-corrected chi connectivity index (χ0v) is 44.7. The van der Waals surface area contributed by atoms with E-state index < -0.39 is 6.10 Å². The largest absolute Gasteiger partial charge is 0.462 e. The molecule has 0 saturated heterocycles. The van der Waals surface area contributed by atoms with Crippen LogP contribution in [0.3, 0.4) is 0 Å². The molecule has 0 bridgehead atoms. The number of esters is 3. The molecule has 0 heterocycles. The van der Waals surface area contributed by atoms with Gasteiger partial charge in [0.05, 0.1) is 0 Å². The second-order valence-electron chi connectivity index (χ2n) is 19.6. The van der Waals surface area contributed by atoms with Crippen LogP contribution in [0.4, 0.5) is 0 Å². The molecule has 0 aliphatic carbocycles. The summed E-state index contributed by atoms with van der Waals surface area (Å²) in [5.74, 6) is -0.926. The van der Waals surface area contributed by atoms with Crippen LogP contribution in [0.25, 0.3) is 0 Å². The van der Waals surface area contributed by atoms with Crippen molar-refractivity contribution < 1.29 is 28.6 Å². The molecule has 0 N–H and O–H groups in total. The maximum Gasteiger partial charge on any atom is 0.306 e. The van der Waals surface area contributed by atoms with Crippen LogP contribution >= 0.6 is 0 Å². The van der Waals surface area contributed by atoms with E-state index in [0.717, 1.165) is 64.2 Å². The van der Waals surface area contributed by atoms with Gasteiger partial charge >= 0.3 is 17.9 Å². The Hall–Kier alpha value is -2.63. The van der Waals surface area contributed by atoms with Gasteiger partial charge in [-0.15, -0.1) is 0 Å². The van der Waals surface area contributed by atoms with Crippen molar-refractivity contribution in [2.45, 2.75) is 309 Å². The molecule has 67 heavy (non-hydrogen) atoms. The molecule has 0 aliphatic heterocycles. The Bertz CT molecular complexity index is 1170. The summed E-state index contributed by atoms with van der Waals surface area (Å²) in [7, 11) is 0. The van der Waals surface area contributed by atoms with Gasteiger partial charge in [0.1, 0.15) is 13.2 Å². The van der Waals surface area contributed by atoms with Crippen LogP contribution in [0, 0.1) is 0 Å². The SMILES string of the molecule is CCCCC/C=C\C/C=C\C/C=C\C/C=C\CCCC(=O)OC[C@H](COC(=O)CCCCCCCCCCCCCCCCC)OC(=O)CCCCCCCCCCCCCCCCCCC. The second-order valence-corrected chi connectivity index (χ2v) is 19.6. The molecule has 0 saturated carbocycles. The lowest BCUT2D eigenvalue weighted by Gasteiger charge is -2.18. The summed E-state index contributed by atoms with van der Waals surface area (Å²) < 4.78 is 16.8. The molecule has 6 heteroatoms. The summed E-state index contributed by atoms with van der Waals surface area (Å²) in [6, 6.07) is 0. The molecule has 0 aromatic rings. The van der Waals surface area contributed by atoms with E-state index >= 15 is 0 Å². The minimum atomic E-state index is -0.791. The minimum Gasteiger partial charge on any atom is -0.462 e. The first kappa shape index (κ1) is 64.4. The number of carbonyl (C=O) groups is 3. The van der Waals surface area contributed by atoms with Crippen LogP contribution < -0.4 is 0 Å². The van der Waals surface area contributed by atoms with E-state index in [1.54, 1.807) is 0 Å². The number of carbonyl (C=O) groups excluding carboxylic acids is 3. The van der Waals surface area contributed by atoms with E-state index in [2.05, 4.69) is 69.4 Å². The van der Waals surface area contributed by atoms with Gasteiger partial charge in [-0.1, -0.05) is 275 Å². The molecule has 0 aromatic heterocycles. The molecule has 0 aromatic carbocycles. The van der Waals surface area contributed by atoms with E-state index in [1.807, 2.05) is 0 Å². The Morgan fingerprint density at radius 1 is 0.299 bits per heavy atom. The topological polar surface area (TPSA) is 78.9 Å². The van der Waals surface area contributed by atoms with Gasteiger partial charge in [0.2, 0.25) is 0 Å². The first-order chi connectivity index (χ1) is 33.0. The predicted molar refractivity (Wildman–Crippen MR) is 289 cm³/mol. The zero-order valence-electron chi connectivity index (χ0n) is 44.7. The van der Waals surface area contributed by atoms with Crippen molar-refractivity contribution in [2.75, 3.05) is 13.2 Å². The van der Waals surface area contributed by atoms with Gasteiger partial charge in [-0.2, -0.15) is 0 Å². The van der Waals surface area contributed by atoms with E-state index in [9.17, 15) is 14.4 Å². The standard InChI is InChI=1S/C61H110O6/c1-4-7-10-13-16-19-22-25-28-30-33-36-39-42-45-48-51-54-60(63)66-57-58(56-65-59(62)53-50-47-44-41-38-35-32-27-24-21-18-15-12-9-6-3)67-61(64)55-52-49-46-43-40-37-34-31-29-26-23-20-17-14-11-8-5-2/h16,19,25,28,33,36,42,45,58H,4-15,17-18,20-24,26-27,29-32,34-35,37-41,43-44,46-57H2,1-3H3/b19-16-,28-25-,36-33-,45-42-/t58-/m0/s1. The van der Waals surface area contributed by atoms with Crippen molar-refractivity contribution in [1.29, 1.82) is 0 Å². The van der Waals surface area contributed by atoms with Crippen LogP contribution in [0.2, 0.25) is 0 Å². The fourth-order valence-corrected chi connectivity index (χ4v) is 8.44. The van der Waals surface area contributed by atoms with E-state index in [4.69, 9.17) is 14.2 Å². The third kappa shape index (κ3) is 54.2. The molecular formula is C61H110O6. The Morgan fingerprint density at radius 2 is 0.552 bits per heavy atom. The summed E-state index contributed by atoms with van der Waals surface area (Å²) >= 11 is 0. The summed E-state index contributed by atoms with van der Waals surface area (Å²) in [6.07, 6.45) is 68.2. The molecule has 0 spiro atoms. The molecule has 0 unspecified atom stereocenters. The number of allylic oxidation sites excluding steroid dienone is 8. The highest BCUT2D eigenvalue weighted by Gasteiger charge is 2.19. The Kier molecular flexibility index (Phi) is 53.8. The lowest BCUT2D eigenvalue weighted by Crippen LogP contribution is -2.30. The fourth-order valence-electron chi connectivity index (χ4n) is 8.44. The van der Waals surface area contributed by atoms with Gasteiger partial charge in [0.15, 0.2) is 6.10 Å². The Morgan fingerprint density at radius 3 is 0.896 bits per heavy atom. The highest BCUT2D eigenvalue weighted by atomic mass is 16.6. The third-order valence-electron chi connectivity index (χ3n) is 12.8. The van der Waals surface area contributed by atoms with E-state index in [1.165, 1.54) is 193 Å². The Balaban J connectivity index is 4.42. The lowest BCUT2D eigenvalue weighted by atomic mass is 10.0. The van der Waals surface area contributed by atoms with Crippen LogP contribution in [0.1, 0.15) is 303 Å². The molecule has 6 nitrogen and oxygen atoms in total. The van der Waals surface area contributed by atoms with Crippen molar-refractivity contribution >= 4 is 17.9 Å².